The molecule has 0 bridgehead atoms. The number of nitrogens with one attached hydrogen (secondary N) is 2. The average Bonchev–Trinajstić information content (AvgIpc) is 3.03. The summed E-state index contributed by atoms with van der Waals surface area (Å²) in [4.78, 5) is 39.9. The summed E-state index contributed by atoms with van der Waals surface area (Å²) in [7, 11) is -3.57. The third-order valence-electron chi connectivity index (χ3n) is 6.32. The van der Waals surface area contributed by atoms with Gasteiger partial charge in [-0.15, -0.1) is 0 Å². The zero-order chi connectivity index (χ0) is 24.7. The summed E-state index contributed by atoms with van der Waals surface area (Å²) in [5, 5.41) is 2.75. The monoisotopic (exact) mass is 483 g/mol. The number of fused-ring (bicyclic) bond motifs is 1. The van der Waals surface area contributed by atoms with Crippen molar-refractivity contribution in [2.45, 2.75) is 63.7 Å². The van der Waals surface area contributed by atoms with Crippen LogP contribution in [0.2, 0.25) is 0 Å². The van der Waals surface area contributed by atoms with Gasteiger partial charge in [0, 0.05) is 23.0 Å². The molecule has 2 N–H and O–H groups in total. The molecule has 0 spiro atoms. The highest BCUT2D eigenvalue weighted by molar-refractivity contribution is 7.94. The first-order valence-electron chi connectivity index (χ1n) is 11.4. The van der Waals surface area contributed by atoms with Crippen molar-refractivity contribution in [2.24, 2.45) is 0 Å². The van der Waals surface area contributed by atoms with Gasteiger partial charge in [0.2, 0.25) is 10.0 Å². The van der Waals surface area contributed by atoms with Gasteiger partial charge in [0.15, 0.2) is 0 Å². The Morgan fingerprint density at radius 1 is 0.882 bits per heavy atom. The van der Waals surface area contributed by atoms with Gasteiger partial charge in [-0.05, 0) is 76.1 Å². The summed E-state index contributed by atoms with van der Waals surface area (Å²) in [5.74, 6) is -0.984. The Bertz CT molecular complexity index is 1240. The molecule has 180 valence electrons. The molecule has 0 radical (unpaired) electrons. The molecule has 0 saturated heterocycles. The van der Waals surface area contributed by atoms with Crippen LogP contribution in [0.3, 0.4) is 0 Å². The number of hydrogen-bond donors (Lipinski definition) is 2. The Labute approximate surface area is 199 Å². The molecule has 2 aliphatic rings. The van der Waals surface area contributed by atoms with Crippen LogP contribution in [0.5, 0.6) is 0 Å². The van der Waals surface area contributed by atoms with Gasteiger partial charge in [-0.2, -0.15) is 0 Å². The summed E-state index contributed by atoms with van der Waals surface area (Å²) < 4.78 is 26.1. The van der Waals surface area contributed by atoms with Crippen LogP contribution >= 0.6 is 0 Å². The zero-order valence-corrected chi connectivity index (χ0v) is 20.4. The highest BCUT2D eigenvalue weighted by atomic mass is 32.2. The van der Waals surface area contributed by atoms with Crippen LogP contribution in [0, 0.1) is 0 Å². The lowest BCUT2D eigenvalue weighted by atomic mass is 9.94. The Hall–Kier alpha value is -3.20. The smallest absolute Gasteiger partial charge is 0.261 e. The second-order valence-corrected chi connectivity index (χ2v) is 12.2. The molecule has 0 aromatic heterocycles. The molecule has 2 aromatic carbocycles. The van der Waals surface area contributed by atoms with E-state index in [9.17, 15) is 22.8 Å². The number of carbonyl (C=O) groups excluding carboxylic acids is 3. The standard InChI is InChI=1S/C25H29N3O5S/c1-25(2,3)34(32,33)27-17-11-9-16(10-12-17)22(29)26-18-13-14-20-21(15-18)24(31)28(23(20)30)19-7-5-4-6-8-19/h9-15,19,27H,4-8H2,1-3H3,(H,26,29). The van der Waals surface area contributed by atoms with E-state index in [0.717, 1.165) is 32.1 Å². The van der Waals surface area contributed by atoms with Gasteiger partial charge in [0.05, 0.1) is 15.9 Å². The first kappa shape index (κ1) is 23.9. The van der Waals surface area contributed by atoms with Crippen LogP contribution in [0.25, 0.3) is 0 Å². The Morgan fingerprint density at radius 2 is 1.47 bits per heavy atom. The number of rotatable bonds is 5. The highest BCUT2D eigenvalue weighted by Crippen LogP contribution is 2.32. The topological polar surface area (TPSA) is 113 Å². The van der Waals surface area contributed by atoms with E-state index in [-0.39, 0.29) is 17.9 Å². The number of hydrogen-bond acceptors (Lipinski definition) is 5. The average molecular weight is 484 g/mol. The molecule has 1 aliphatic carbocycles. The molecule has 2 aromatic rings. The van der Waals surface area contributed by atoms with E-state index in [2.05, 4.69) is 10.0 Å². The van der Waals surface area contributed by atoms with Crippen molar-refractivity contribution >= 4 is 39.1 Å². The number of anilines is 2. The van der Waals surface area contributed by atoms with Gasteiger partial charge >= 0.3 is 0 Å². The second kappa shape index (κ2) is 8.87. The molecule has 9 heteroatoms. The molecule has 0 unspecified atom stereocenters. The quantitative estimate of drug-likeness (QED) is 0.612. The minimum atomic E-state index is -3.57. The molecular weight excluding hydrogens is 454 g/mol. The summed E-state index contributed by atoms with van der Waals surface area (Å²) in [6, 6.07) is 10.7. The number of nitrogens with zero attached hydrogens (tertiary/aromatic N) is 1. The number of carbonyl (C=O) groups is 3. The van der Waals surface area contributed by atoms with Crippen molar-refractivity contribution < 1.29 is 22.8 Å². The Kier molecular flexibility index (Phi) is 6.24. The van der Waals surface area contributed by atoms with Crippen LogP contribution < -0.4 is 10.0 Å². The largest absolute Gasteiger partial charge is 0.322 e. The van der Waals surface area contributed by atoms with Crippen LogP contribution in [-0.4, -0.2) is 41.8 Å². The molecule has 1 aliphatic heterocycles. The lowest BCUT2D eigenvalue weighted by Crippen LogP contribution is -2.40. The zero-order valence-electron chi connectivity index (χ0n) is 19.6. The van der Waals surface area contributed by atoms with Crippen molar-refractivity contribution in [1.29, 1.82) is 0 Å². The van der Waals surface area contributed by atoms with Crippen molar-refractivity contribution in [1.82, 2.24) is 4.90 Å². The normalized spacial score (nSPS) is 17.0. The Balaban J connectivity index is 1.46. The maximum Gasteiger partial charge on any atom is 0.261 e. The fourth-order valence-corrected chi connectivity index (χ4v) is 4.96. The number of sulfonamides is 1. The number of amides is 3. The number of imide groups is 1. The first-order chi connectivity index (χ1) is 16.0. The van der Waals surface area contributed by atoms with Gasteiger partial charge in [0.25, 0.3) is 17.7 Å². The van der Waals surface area contributed by atoms with Crippen molar-refractivity contribution in [3.05, 3.63) is 59.2 Å². The minimum Gasteiger partial charge on any atom is -0.322 e. The van der Waals surface area contributed by atoms with Crippen molar-refractivity contribution in [3.63, 3.8) is 0 Å². The van der Waals surface area contributed by atoms with Crippen LogP contribution in [0.15, 0.2) is 42.5 Å². The fraction of sp³-hybridized carbons (Fsp3) is 0.400. The molecular formula is C25H29N3O5S. The van der Waals surface area contributed by atoms with E-state index >= 15 is 0 Å². The van der Waals surface area contributed by atoms with Crippen LogP contribution in [-0.2, 0) is 10.0 Å². The van der Waals surface area contributed by atoms with E-state index in [0.29, 0.717) is 28.1 Å². The Morgan fingerprint density at radius 3 is 2.09 bits per heavy atom. The lowest BCUT2D eigenvalue weighted by molar-refractivity contribution is 0.0548. The molecule has 8 nitrogen and oxygen atoms in total. The maximum absolute atomic E-state index is 13.0. The molecule has 34 heavy (non-hydrogen) atoms. The first-order valence-corrected chi connectivity index (χ1v) is 12.9. The summed E-state index contributed by atoms with van der Waals surface area (Å²) in [5.41, 5.74) is 1.76. The van der Waals surface area contributed by atoms with Gasteiger partial charge in [-0.25, -0.2) is 8.42 Å². The summed E-state index contributed by atoms with van der Waals surface area (Å²) in [6.07, 6.45) is 4.80. The van der Waals surface area contributed by atoms with Crippen molar-refractivity contribution in [2.75, 3.05) is 10.0 Å². The second-order valence-electron chi connectivity index (χ2n) is 9.78. The van der Waals surface area contributed by atoms with Crippen LogP contribution in [0.1, 0.15) is 83.9 Å². The summed E-state index contributed by atoms with van der Waals surface area (Å²) >= 11 is 0. The van der Waals surface area contributed by atoms with E-state index in [1.165, 1.54) is 29.2 Å². The van der Waals surface area contributed by atoms with E-state index in [1.807, 2.05) is 0 Å². The number of benzene rings is 2. The van der Waals surface area contributed by atoms with Crippen molar-refractivity contribution in [3.8, 4) is 0 Å². The van der Waals surface area contributed by atoms with Gasteiger partial charge in [0.1, 0.15) is 0 Å². The predicted octanol–water partition coefficient (Wildman–Crippen LogP) is 4.41. The van der Waals surface area contributed by atoms with Crippen LogP contribution in [0.4, 0.5) is 11.4 Å². The fourth-order valence-electron chi connectivity index (χ4n) is 4.21. The SMILES string of the molecule is CC(C)(C)S(=O)(=O)Nc1ccc(C(=O)Nc2ccc3c(c2)C(=O)N(C2CCCCC2)C3=O)cc1. The highest BCUT2D eigenvalue weighted by Gasteiger charge is 2.40. The predicted molar refractivity (Wildman–Crippen MR) is 131 cm³/mol. The molecule has 1 heterocycles. The van der Waals surface area contributed by atoms with E-state index < -0.39 is 20.7 Å². The molecule has 4 rings (SSSR count). The summed E-state index contributed by atoms with van der Waals surface area (Å²) in [6.45, 7) is 4.79. The minimum absolute atomic E-state index is 0.0617. The van der Waals surface area contributed by atoms with Gasteiger partial charge in [-0.3, -0.25) is 24.0 Å². The van der Waals surface area contributed by atoms with Gasteiger partial charge < -0.3 is 5.32 Å². The van der Waals surface area contributed by atoms with E-state index in [1.54, 1.807) is 39.0 Å². The lowest BCUT2D eigenvalue weighted by Gasteiger charge is -2.29. The molecule has 1 fully saturated rings. The third-order valence-corrected chi connectivity index (χ3v) is 8.44. The van der Waals surface area contributed by atoms with Gasteiger partial charge in [-0.1, -0.05) is 19.3 Å². The van der Waals surface area contributed by atoms with E-state index in [4.69, 9.17) is 0 Å². The molecule has 0 atom stereocenters. The maximum atomic E-state index is 13.0. The third kappa shape index (κ3) is 4.57. The molecule has 3 amide bonds. The molecule has 1 saturated carbocycles.